The third-order valence-corrected chi connectivity index (χ3v) is 8.14. The van der Waals surface area contributed by atoms with E-state index in [1.165, 1.54) is 11.3 Å². The Balaban J connectivity index is 1.48. The molecule has 0 bridgehead atoms. The van der Waals surface area contributed by atoms with Crippen LogP contribution in [0.5, 0.6) is 0 Å². The van der Waals surface area contributed by atoms with Crippen molar-refractivity contribution in [3.05, 3.63) is 81.2 Å². The highest BCUT2D eigenvalue weighted by atomic mass is 32.1. The Kier molecular flexibility index (Phi) is 6.05. The second kappa shape index (κ2) is 9.43. The Hall–Kier alpha value is -3.93. The van der Waals surface area contributed by atoms with Gasteiger partial charge in [-0.2, -0.15) is 0 Å². The molecule has 5 heterocycles. The molecule has 1 atom stereocenters. The van der Waals surface area contributed by atoms with E-state index in [1.807, 2.05) is 41.7 Å². The number of nitrogens with zero attached hydrogens (tertiary/aromatic N) is 6. The molecule has 5 aromatic rings. The van der Waals surface area contributed by atoms with Crippen LogP contribution in [-0.2, 0) is 6.54 Å². The molecule has 1 fully saturated rings. The average Bonchev–Trinajstić information content (AvgIpc) is 3.19. The topological polar surface area (TPSA) is 116 Å². The standard InChI is InChI=1S/C27H27N7O3S/c1-17-14-29-18(15-28-17)16-30-26(36)23-24(35)19-8-9-22(32-10-5-12-34(2,37)13-11-32)31-25(19)33-20-6-3-4-7-21(20)38-27(23)33/h3-4,6-9,14-15H,5,10-13,16H2,1-2H3,(H,30,36). The van der Waals surface area contributed by atoms with Gasteiger partial charge in [-0.25, -0.2) is 4.98 Å². The number of pyridine rings is 2. The summed E-state index contributed by atoms with van der Waals surface area (Å²) in [6.07, 6.45) is 4.02. The average molecular weight is 530 g/mol. The Labute approximate surface area is 222 Å². The van der Waals surface area contributed by atoms with Crippen molar-refractivity contribution in [1.29, 1.82) is 0 Å². The minimum absolute atomic E-state index is 0.0857. The Morgan fingerprint density at radius 2 is 1.97 bits per heavy atom. The summed E-state index contributed by atoms with van der Waals surface area (Å²) in [4.78, 5) is 43.3. The molecular weight excluding hydrogens is 502 g/mol. The van der Waals surface area contributed by atoms with Crippen LogP contribution in [0.1, 0.15) is 28.2 Å². The van der Waals surface area contributed by atoms with E-state index < -0.39 is 5.91 Å². The van der Waals surface area contributed by atoms with Crippen molar-refractivity contribution in [3.63, 3.8) is 0 Å². The maximum Gasteiger partial charge on any atom is 0.258 e. The summed E-state index contributed by atoms with van der Waals surface area (Å²) in [5.74, 6) is 0.255. The minimum atomic E-state index is -0.465. The van der Waals surface area contributed by atoms with E-state index >= 15 is 0 Å². The zero-order chi connectivity index (χ0) is 26.4. The van der Waals surface area contributed by atoms with Crippen molar-refractivity contribution >= 4 is 49.1 Å². The maximum atomic E-state index is 13.8. The largest absolute Gasteiger partial charge is 0.633 e. The van der Waals surface area contributed by atoms with Crippen molar-refractivity contribution in [1.82, 2.24) is 24.7 Å². The number of rotatable bonds is 4. The van der Waals surface area contributed by atoms with E-state index in [2.05, 4.69) is 20.2 Å². The Morgan fingerprint density at radius 1 is 1.13 bits per heavy atom. The summed E-state index contributed by atoms with van der Waals surface area (Å²) < 4.78 is 2.58. The Bertz CT molecular complexity index is 1740. The zero-order valence-electron chi connectivity index (χ0n) is 21.2. The number of hydrogen-bond donors (Lipinski definition) is 1. The number of benzene rings is 1. The smallest absolute Gasteiger partial charge is 0.258 e. The molecule has 0 spiro atoms. The highest BCUT2D eigenvalue weighted by Gasteiger charge is 2.25. The summed E-state index contributed by atoms with van der Waals surface area (Å²) in [5.41, 5.74) is 2.49. The van der Waals surface area contributed by atoms with Crippen LogP contribution in [0.4, 0.5) is 5.82 Å². The third kappa shape index (κ3) is 4.38. The second-order valence-corrected chi connectivity index (χ2v) is 10.9. The molecule has 0 aliphatic carbocycles. The van der Waals surface area contributed by atoms with Gasteiger partial charge in [-0.1, -0.05) is 12.1 Å². The summed E-state index contributed by atoms with van der Waals surface area (Å²) in [7, 11) is 1.70. The fourth-order valence-electron chi connectivity index (χ4n) is 4.91. The first-order chi connectivity index (χ1) is 18.3. The lowest BCUT2D eigenvalue weighted by molar-refractivity contribution is -0.858. The zero-order valence-corrected chi connectivity index (χ0v) is 22.0. The number of anilines is 1. The van der Waals surface area contributed by atoms with Gasteiger partial charge < -0.3 is 20.1 Å². The molecule has 1 unspecified atom stereocenters. The summed E-state index contributed by atoms with van der Waals surface area (Å²) in [6.45, 7) is 4.35. The molecule has 1 N–H and O–H groups in total. The quantitative estimate of drug-likeness (QED) is 0.281. The lowest BCUT2D eigenvalue weighted by Crippen LogP contribution is -2.41. The van der Waals surface area contributed by atoms with Gasteiger partial charge in [0, 0.05) is 19.2 Å². The number of hydroxylamine groups is 3. The number of hydrogen-bond acceptors (Lipinski definition) is 8. The van der Waals surface area contributed by atoms with Crippen LogP contribution in [0.3, 0.4) is 0 Å². The predicted octanol–water partition coefficient (Wildman–Crippen LogP) is 3.25. The monoisotopic (exact) mass is 529 g/mol. The lowest BCUT2D eigenvalue weighted by atomic mass is 10.1. The molecule has 1 aliphatic rings. The highest BCUT2D eigenvalue weighted by Crippen LogP contribution is 2.31. The first kappa shape index (κ1) is 24.4. The van der Waals surface area contributed by atoms with Crippen molar-refractivity contribution in [2.24, 2.45) is 0 Å². The van der Waals surface area contributed by atoms with Gasteiger partial charge in [-0.15, -0.1) is 11.3 Å². The minimum Gasteiger partial charge on any atom is -0.633 e. The fraction of sp³-hybridized carbons (Fsp3) is 0.296. The number of nitrogens with one attached hydrogen (secondary N) is 1. The third-order valence-electron chi connectivity index (χ3n) is 6.99. The number of para-hydroxylation sites is 1. The van der Waals surface area contributed by atoms with Crippen molar-refractivity contribution < 1.29 is 9.44 Å². The van der Waals surface area contributed by atoms with Crippen LogP contribution in [0, 0.1) is 12.1 Å². The van der Waals surface area contributed by atoms with Gasteiger partial charge in [-0.3, -0.25) is 24.0 Å². The lowest BCUT2D eigenvalue weighted by Gasteiger charge is -2.37. The van der Waals surface area contributed by atoms with E-state index in [4.69, 9.17) is 4.98 Å². The number of quaternary nitrogens is 1. The number of aryl methyl sites for hydroxylation is 1. The number of fused-ring (bicyclic) bond motifs is 5. The number of thiazole rings is 1. The van der Waals surface area contributed by atoms with Gasteiger partial charge in [0.1, 0.15) is 16.2 Å². The number of aromatic nitrogens is 4. The SMILES string of the molecule is Cc1cnc(CNC(=O)c2c(=O)c3ccc(N4CCC[N+](C)([O-])CC4)nc3n3c2sc2ccccc23)cn1. The van der Waals surface area contributed by atoms with Crippen molar-refractivity contribution in [2.75, 3.05) is 38.1 Å². The molecule has 11 heteroatoms. The summed E-state index contributed by atoms with van der Waals surface area (Å²) in [5, 5.41) is 15.7. The highest BCUT2D eigenvalue weighted by molar-refractivity contribution is 7.24. The van der Waals surface area contributed by atoms with Crippen LogP contribution in [-0.4, -0.2) is 63.1 Å². The van der Waals surface area contributed by atoms with Gasteiger partial charge in [-0.05, 0) is 31.2 Å². The number of carbonyl (C=O) groups is 1. The first-order valence-corrected chi connectivity index (χ1v) is 13.4. The molecule has 1 saturated heterocycles. The van der Waals surface area contributed by atoms with E-state index in [0.717, 1.165) is 34.7 Å². The van der Waals surface area contributed by atoms with Gasteiger partial charge >= 0.3 is 0 Å². The molecule has 6 rings (SSSR count). The molecule has 1 aromatic carbocycles. The van der Waals surface area contributed by atoms with Crippen LogP contribution in [0.25, 0.3) is 26.1 Å². The first-order valence-electron chi connectivity index (χ1n) is 12.5. The number of amides is 1. The van der Waals surface area contributed by atoms with Crippen LogP contribution in [0.2, 0.25) is 0 Å². The normalized spacial score (nSPS) is 18.2. The van der Waals surface area contributed by atoms with Crippen LogP contribution < -0.4 is 15.6 Å². The van der Waals surface area contributed by atoms with Gasteiger partial charge in [0.15, 0.2) is 5.65 Å². The van der Waals surface area contributed by atoms with Gasteiger partial charge in [0.2, 0.25) is 5.43 Å². The number of carbonyl (C=O) groups excluding carboxylic acids is 1. The van der Waals surface area contributed by atoms with Gasteiger partial charge in [0.05, 0.1) is 66.4 Å². The number of likely N-dealkylation sites (N-methyl/N-ethyl adjacent to an activating group) is 1. The molecule has 10 nitrogen and oxygen atoms in total. The predicted molar refractivity (Wildman–Crippen MR) is 148 cm³/mol. The van der Waals surface area contributed by atoms with Crippen molar-refractivity contribution in [3.8, 4) is 0 Å². The second-order valence-electron chi connectivity index (χ2n) is 9.87. The fourth-order valence-corrected chi connectivity index (χ4v) is 6.09. The van der Waals surface area contributed by atoms with Crippen molar-refractivity contribution in [2.45, 2.75) is 19.9 Å². The molecule has 4 aromatic heterocycles. The van der Waals surface area contributed by atoms with Crippen LogP contribution >= 0.6 is 11.3 Å². The summed E-state index contributed by atoms with van der Waals surface area (Å²) >= 11 is 1.39. The molecule has 0 radical (unpaired) electrons. The molecule has 1 aliphatic heterocycles. The maximum absolute atomic E-state index is 13.8. The molecule has 194 valence electrons. The molecule has 1 amide bonds. The Morgan fingerprint density at radius 3 is 2.79 bits per heavy atom. The van der Waals surface area contributed by atoms with E-state index in [9.17, 15) is 14.8 Å². The van der Waals surface area contributed by atoms with Gasteiger partial charge in [0.25, 0.3) is 5.91 Å². The van der Waals surface area contributed by atoms with E-state index in [1.54, 1.807) is 25.5 Å². The summed E-state index contributed by atoms with van der Waals surface area (Å²) in [6, 6.07) is 11.4. The van der Waals surface area contributed by atoms with Crippen LogP contribution in [0.15, 0.2) is 53.6 Å². The van der Waals surface area contributed by atoms with E-state index in [0.29, 0.717) is 41.2 Å². The molecule has 0 saturated carbocycles. The molecular formula is C27H27N7O3S. The van der Waals surface area contributed by atoms with E-state index in [-0.39, 0.29) is 22.2 Å². The molecule has 38 heavy (non-hydrogen) atoms.